The van der Waals surface area contributed by atoms with Gasteiger partial charge in [0.1, 0.15) is 0 Å². The van der Waals surface area contributed by atoms with Gasteiger partial charge in [-0.15, -0.1) is 0 Å². The summed E-state index contributed by atoms with van der Waals surface area (Å²) in [5.74, 6) is 0. The molecule has 0 aromatic heterocycles. The largest absolute Gasteiger partial charge is 0.528 e. The van der Waals surface area contributed by atoms with E-state index in [2.05, 4.69) is 9.98 Å². The molecular formula is C3H2N3O2. The predicted octanol–water partition coefficient (Wildman–Crippen LogP) is -0.135. The zero-order valence-electron chi connectivity index (χ0n) is 3.81. The van der Waals surface area contributed by atoms with E-state index in [1.54, 1.807) is 0 Å². The van der Waals surface area contributed by atoms with Crippen molar-refractivity contribution in [2.75, 3.05) is 0 Å². The molecule has 5 nitrogen and oxygen atoms in total. The highest BCUT2D eigenvalue weighted by Gasteiger charge is 2.21. The van der Waals surface area contributed by atoms with Crippen LogP contribution in [0.4, 0.5) is 0 Å². The third-order valence-electron chi connectivity index (χ3n) is 0.610. The van der Waals surface area contributed by atoms with Crippen LogP contribution in [0.3, 0.4) is 0 Å². The number of aliphatic imine (C=N–C) groups is 2. The Hall–Kier alpha value is -1.26. The van der Waals surface area contributed by atoms with Crippen LogP contribution in [0.1, 0.15) is 0 Å². The lowest BCUT2D eigenvalue weighted by molar-refractivity contribution is -0.464. The monoisotopic (exact) mass is 112 g/mol. The van der Waals surface area contributed by atoms with Crippen LogP contribution in [0, 0.1) is 16.4 Å². The minimum atomic E-state index is -0.639. The summed E-state index contributed by atoms with van der Waals surface area (Å²) in [6.07, 6.45) is 2.21. The Labute approximate surface area is 44.9 Å². The normalized spacial score (nSPS) is 17.5. The lowest BCUT2D eigenvalue weighted by atomic mass is 10.9. The highest BCUT2D eigenvalue weighted by atomic mass is 16.6. The van der Waals surface area contributed by atoms with E-state index in [1.165, 1.54) is 12.4 Å². The molecule has 0 saturated heterocycles. The van der Waals surface area contributed by atoms with E-state index < -0.39 is 4.92 Å². The third kappa shape index (κ3) is 0.699. The molecule has 0 fully saturated rings. The van der Waals surface area contributed by atoms with Crippen LogP contribution in [0.25, 0.3) is 0 Å². The molecule has 0 amide bonds. The van der Waals surface area contributed by atoms with E-state index in [4.69, 9.17) is 0 Å². The maximum Gasteiger partial charge on any atom is 0.528 e. The van der Waals surface area contributed by atoms with Crippen molar-refractivity contribution in [3.05, 3.63) is 16.4 Å². The molecule has 0 N–H and O–H groups in total. The van der Waals surface area contributed by atoms with Crippen molar-refractivity contribution in [2.45, 2.75) is 0 Å². The molecular weight excluding hydrogens is 110 g/mol. The van der Waals surface area contributed by atoms with Gasteiger partial charge in [-0.25, -0.2) is 0 Å². The van der Waals surface area contributed by atoms with Gasteiger partial charge in [0.05, 0.1) is 4.92 Å². The molecule has 1 rings (SSSR count). The molecule has 0 aliphatic carbocycles. The lowest BCUT2D eigenvalue weighted by Gasteiger charge is -1.84. The third-order valence-corrected chi connectivity index (χ3v) is 0.610. The molecule has 1 aliphatic rings. The first-order valence-electron chi connectivity index (χ1n) is 1.89. The van der Waals surface area contributed by atoms with Crippen LogP contribution in [0.2, 0.25) is 0 Å². The second-order valence-electron chi connectivity index (χ2n) is 1.11. The molecule has 0 bridgehead atoms. The summed E-state index contributed by atoms with van der Waals surface area (Å²) in [5, 5.41) is 9.74. The zero-order chi connectivity index (χ0) is 5.98. The summed E-state index contributed by atoms with van der Waals surface area (Å²) < 4.78 is 0. The Kier molecular flexibility index (Phi) is 1.03. The standard InChI is InChI=1S/C3H2N3O2/c7-6(8)3-4-1-2-5-3/h1-2H. The molecule has 5 heteroatoms. The van der Waals surface area contributed by atoms with E-state index in [-0.39, 0.29) is 6.29 Å². The zero-order valence-corrected chi connectivity index (χ0v) is 3.81. The van der Waals surface area contributed by atoms with E-state index >= 15 is 0 Å². The van der Waals surface area contributed by atoms with Gasteiger partial charge in [0, 0.05) is 12.4 Å². The smallest absolute Gasteiger partial charge is 0.260 e. The topological polar surface area (TPSA) is 67.9 Å². The fourth-order valence-corrected chi connectivity index (χ4v) is 0.328. The molecule has 1 radical (unpaired) electrons. The molecule has 0 saturated carbocycles. The van der Waals surface area contributed by atoms with Crippen LogP contribution >= 0.6 is 0 Å². The van der Waals surface area contributed by atoms with Crippen LogP contribution in [-0.2, 0) is 0 Å². The van der Waals surface area contributed by atoms with Crippen molar-refractivity contribution in [1.82, 2.24) is 0 Å². The van der Waals surface area contributed by atoms with Gasteiger partial charge in [-0.05, 0) is 0 Å². The van der Waals surface area contributed by atoms with Crippen LogP contribution in [0.5, 0.6) is 0 Å². The molecule has 41 valence electrons. The van der Waals surface area contributed by atoms with Crippen LogP contribution in [-0.4, -0.2) is 17.4 Å². The Balaban J connectivity index is 2.62. The van der Waals surface area contributed by atoms with Crippen molar-refractivity contribution >= 4 is 12.4 Å². The molecule has 8 heavy (non-hydrogen) atoms. The first-order chi connectivity index (χ1) is 3.80. The molecule has 0 aromatic rings. The summed E-state index contributed by atoms with van der Waals surface area (Å²) in [4.78, 5) is 15.7. The number of rotatable bonds is 1. The quantitative estimate of drug-likeness (QED) is 0.350. The first-order valence-corrected chi connectivity index (χ1v) is 1.89. The number of hydrogen-bond acceptors (Lipinski definition) is 4. The van der Waals surface area contributed by atoms with Gasteiger partial charge in [0.2, 0.25) is 0 Å². The minimum absolute atomic E-state index is 0.343. The van der Waals surface area contributed by atoms with Gasteiger partial charge in [-0.3, -0.25) is 10.1 Å². The summed E-state index contributed by atoms with van der Waals surface area (Å²) >= 11 is 0. The average molecular weight is 112 g/mol. The van der Waals surface area contributed by atoms with Crippen molar-refractivity contribution in [2.24, 2.45) is 9.98 Å². The van der Waals surface area contributed by atoms with Gasteiger partial charge in [-0.2, -0.15) is 9.98 Å². The van der Waals surface area contributed by atoms with Crippen LogP contribution in [0.15, 0.2) is 9.98 Å². The highest BCUT2D eigenvalue weighted by molar-refractivity contribution is 6.17. The minimum Gasteiger partial charge on any atom is -0.260 e. The van der Waals surface area contributed by atoms with E-state index in [9.17, 15) is 10.1 Å². The Morgan fingerprint density at radius 3 is 2.25 bits per heavy atom. The predicted molar refractivity (Wildman–Crippen MR) is 27.2 cm³/mol. The molecule has 1 aliphatic heterocycles. The fraction of sp³-hybridized carbons (Fsp3) is 0. The van der Waals surface area contributed by atoms with Crippen molar-refractivity contribution in [3.8, 4) is 0 Å². The van der Waals surface area contributed by atoms with Gasteiger partial charge in [0.25, 0.3) is 0 Å². The Morgan fingerprint density at radius 2 is 2.00 bits per heavy atom. The molecule has 0 spiro atoms. The van der Waals surface area contributed by atoms with Gasteiger partial charge < -0.3 is 0 Å². The summed E-state index contributed by atoms with van der Waals surface area (Å²) in [7, 11) is 0. The SMILES string of the molecule is O=[N+]([O-])[C]1N=CC=N1. The highest BCUT2D eigenvalue weighted by Crippen LogP contribution is 2.05. The van der Waals surface area contributed by atoms with Crippen molar-refractivity contribution in [3.63, 3.8) is 0 Å². The molecule has 0 atom stereocenters. The molecule has 0 aromatic carbocycles. The number of nitrogens with zero attached hydrogens (tertiary/aromatic N) is 3. The van der Waals surface area contributed by atoms with E-state index in [0.717, 1.165) is 0 Å². The summed E-state index contributed by atoms with van der Waals surface area (Å²) in [6.45, 7) is 0. The Bertz CT molecular complexity index is 150. The fourth-order valence-electron chi connectivity index (χ4n) is 0.328. The maximum atomic E-state index is 9.74. The maximum absolute atomic E-state index is 9.74. The van der Waals surface area contributed by atoms with E-state index in [1.807, 2.05) is 0 Å². The average Bonchev–Trinajstić information content (AvgIpc) is 2.12. The Morgan fingerprint density at radius 1 is 1.50 bits per heavy atom. The summed E-state index contributed by atoms with van der Waals surface area (Å²) in [6, 6.07) is 0. The number of nitro groups is 1. The van der Waals surface area contributed by atoms with Gasteiger partial charge >= 0.3 is 6.29 Å². The molecule has 0 unspecified atom stereocenters. The van der Waals surface area contributed by atoms with Crippen molar-refractivity contribution in [1.29, 1.82) is 0 Å². The first kappa shape index (κ1) is 4.89. The van der Waals surface area contributed by atoms with Crippen molar-refractivity contribution < 1.29 is 4.92 Å². The lowest BCUT2D eigenvalue weighted by Crippen LogP contribution is -2.00. The summed E-state index contributed by atoms with van der Waals surface area (Å²) in [5.41, 5.74) is 0. The van der Waals surface area contributed by atoms with Gasteiger partial charge in [-0.1, -0.05) is 0 Å². The van der Waals surface area contributed by atoms with Gasteiger partial charge in [0.15, 0.2) is 0 Å². The number of hydrogen-bond donors (Lipinski definition) is 0. The molecule has 1 heterocycles. The second-order valence-corrected chi connectivity index (χ2v) is 1.11. The van der Waals surface area contributed by atoms with E-state index in [0.29, 0.717) is 0 Å². The second kappa shape index (κ2) is 1.69. The van der Waals surface area contributed by atoms with Crippen LogP contribution < -0.4 is 0 Å².